The second kappa shape index (κ2) is 12.4. The molecule has 4 rings (SSSR count). The van der Waals surface area contributed by atoms with Crippen LogP contribution < -0.4 is 10.2 Å². The Hall–Kier alpha value is -3.20. The van der Waals surface area contributed by atoms with Gasteiger partial charge in [0, 0.05) is 63.6 Å². The highest BCUT2D eigenvalue weighted by molar-refractivity contribution is 7.89. The molecule has 0 aromatic heterocycles. The minimum Gasteiger partial charge on any atom is -0.372 e. The Morgan fingerprint density at radius 3 is 2.00 bits per heavy atom. The zero-order chi connectivity index (χ0) is 26.3. The summed E-state index contributed by atoms with van der Waals surface area (Å²) in [5, 5.41) is 3.00. The zero-order valence-corrected chi connectivity index (χ0v) is 22.5. The van der Waals surface area contributed by atoms with Gasteiger partial charge in [-0.25, -0.2) is 8.42 Å². The third-order valence-corrected chi connectivity index (χ3v) is 8.77. The SMILES string of the molecule is CCN(CC)c1ccc(CNC(=O)c2ccc(CN3CCN(S(=O)(=O)c4ccccc4)CC3)cc2)cc1. The van der Waals surface area contributed by atoms with Gasteiger partial charge in [0.1, 0.15) is 0 Å². The van der Waals surface area contributed by atoms with Crippen molar-refractivity contribution in [3.8, 4) is 0 Å². The number of carbonyl (C=O) groups excluding carboxylic acids is 1. The second-order valence-electron chi connectivity index (χ2n) is 9.21. The van der Waals surface area contributed by atoms with E-state index in [1.807, 2.05) is 30.3 Å². The van der Waals surface area contributed by atoms with Crippen LogP contribution in [0.4, 0.5) is 5.69 Å². The number of carbonyl (C=O) groups is 1. The lowest BCUT2D eigenvalue weighted by Crippen LogP contribution is -2.48. The molecule has 1 N–H and O–H groups in total. The van der Waals surface area contributed by atoms with Crippen molar-refractivity contribution >= 4 is 21.6 Å². The average molecular weight is 521 g/mol. The maximum Gasteiger partial charge on any atom is 0.251 e. The number of anilines is 1. The van der Waals surface area contributed by atoms with E-state index in [1.54, 1.807) is 28.6 Å². The van der Waals surface area contributed by atoms with E-state index in [0.717, 1.165) is 30.8 Å². The lowest BCUT2D eigenvalue weighted by atomic mass is 10.1. The van der Waals surface area contributed by atoms with E-state index in [-0.39, 0.29) is 5.91 Å². The molecule has 0 saturated carbocycles. The van der Waals surface area contributed by atoms with Gasteiger partial charge in [-0.15, -0.1) is 0 Å². The number of hydrogen-bond acceptors (Lipinski definition) is 5. The first kappa shape index (κ1) is 26.9. The molecule has 37 heavy (non-hydrogen) atoms. The van der Waals surface area contributed by atoms with E-state index >= 15 is 0 Å². The lowest BCUT2D eigenvalue weighted by molar-refractivity contribution is 0.0951. The summed E-state index contributed by atoms with van der Waals surface area (Å²) in [4.78, 5) is 17.5. The van der Waals surface area contributed by atoms with E-state index in [4.69, 9.17) is 0 Å². The molecule has 3 aromatic rings. The van der Waals surface area contributed by atoms with Gasteiger partial charge >= 0.3 is 0 Å². The third-order valence-electron chi connectivity index (χ3n) is 6.85. The summed E-state index contributed by atoms with van der Waals surface area (Å²) < 4.78 is 27.2. The van der Waals surface area contributed by atoms with Crippen molar-refractivity contribution in [2.24, 2.45) is 0 Å². The van der Waals surface area contributed by atoms with Crippen LogP contribution in [0.25, 0.3) is 0 Å². The van der Waals surface area contributed by atoms with Crippen molar-refractivity contribution in [3.05, 3.63) is 95.6 Å². The van der Waals surface area contributed by atoms with Gasteiger partial charge in [-0.3, -0.25) is 9.69 Å². The number of sulfonamides is 1. The zero-order valence-electron chi connectivity index (χ0n) is 21.6. The maximum atomic E-state index is 12.8. The molecule has 8 heteroatoms. The summed E-state index contributed by atoms with van der Waals surface area (Å²) in [6.07, 6.45) is 0. The molecule has 3 aromatic carbocycles. The average Bonchev–Trinajstić information content (AvgIpc) is 2.94. The Kier molecular flexibility index (Phi) is 8.97. The number of nitrogens with zero attached hydrogens (tertiary/aromatic N) is 3. The molecule has 0 bridgehead atoms. The first-order chi connectivity index (χ1) is 17.9. The highest BCUT2D eigenvalue weighted by Crippen LogP contribution is 2.19. The number of piperazine rings is 1. The topological polar surface area (TPSA) is 73.0 Å². The fraction of sp³-hybridized carbons (Fsp3) is 0.345. The number of hydrogen-bond donors (Lipinski definition) is 1. The third kappa shape index (κ3) is 6.77. The van der Waals surface area contributed by atoms with E-state index in [2.05, 4.69) is 53.2 Å². The van der Waals surface area contributed by atoms with Gasteiger partial charge in [0.2, 0.25) is 10.0 Å². The van der Waals surface area contributed by atoms with Crippen molar-refractivity contribution < 1.29 is 13.2 Å². The lowest BCUT2D eigenvalue weighted by Gasteiger charge is -2.34. The number of rotatable bonds is 10. The van der Waals surface area contributed by atoms with Crippen LogP contribution in [-0.4, -0.2) is 62.8 Å². The monoisotopic (exact) mass is 520 g/mol. The van der Waals surface area contributed by atoms with Crippen LogP contribution in [0, 0.1) is 0 Å². The Labute approximate surface area is 220 Å². The summed E-state index contributed by atoms with van der Waals surface area (Å²) in [6, 6.07) is 24.6. The van der Waals surface area contributed by atoms with Crippen molar-refractivity contribution in [1.29, 1.82) is 0 Å². The van der Waals surface area contributed by atoms with Gasteiger partial charge in [-0.05, 0) is 61.4 Å². The molecular weight excluding hydrogens is 484 g/mol. The van der Waals surface area contributed by atoms with Crippen LogP contribution in [-0.2, 0) is 23.1 Å². The molecule has 1 aliphatic rings. The molecule has 0 spiro atoms. The normalized spacial score (nSPS) is 14.9. The van der Waals surface area contributed by atoms with E-state index in [0.29, 0.717) is 43.2 Å². The summed E-state index contributed by atoms with van der Waals surface area (Å²) in [7, 11) is -3.45. The van der Waals surface area contributed by atoms with Crippen molar-refractivity contribution in [2.75, 3.05) is 44.2 Å². The van der Waals surface area contributed by atoms with Crippen LogP contribution in [0.3, 0.4) is 0 Å². The molecule has 0 radical (unpaired) electrons. The molecule has 1 fully saturated rings. The maximum absolute atomic E-state index is 12.8. The van der Waals surface area contributed by atoms with Gasteiger partial charge in [-0.2, -0.15) is 4.31 Å². The largest absolute Gasteiger partial charge is 0.372 e. The molecular formula is C29H36N4O3S. The van der Waals surface area contributed by atoms with Gasteiger partial charge in [-0.1, -0.05) is 42.5 Å². The fourth-order valence-electron chi connectivity index (χ4n) is 4.59. The van der Waals surface area contributed by atoms with Crippen LogP contribution in [0.5, 0.6) is 0 Å². The van der Waals surface area contributed by atoms with Crippen LogP contribution in [0.1, 0.15) is 35.3 Å². The predicted octanol–water partition coefficient (Wildman–Crippen LogP) is 3.97. The molecule has 1 heterocycles. The first-order valence-electron chi connectivity index (χ1n) is 12.9. The van der Waals surface area contributed by atoms with Crippen molar-refractivity contribution in [3.63, 3.8) is 0 Å². The Morgan fingerprint density at radius 2 is 1.41 bits per heavy atom. The summed E-state index contributed by atoms with van der Waals surface area (Å²) in [5.41, 5.74) is 3.98. The van der Waals surface area contributed by atoms with Gasteiger partial charge in [0.25, 0.3) is 5.91 Å². The minimum atomic E-state index is -3.45. The van der Waals surface area contributed by atoms with Crippen molar-refractivity contribution in [2.45, 2.75) is 31.8 Å². The summed E-state index contributed by atoms with van der Waals surface area (Å²) in [6.45, 7) is 9.69. The molecule has 1 saturated heterocycles. The smallest absolute Gasteiger partial charge is 0.251 e. The van der Waals surface area contributed by atoms with Crippen LogP contribution >= 0.6 is 0 Å². The summed E-state index contributed by atoms with van der Waals surface area (Å²) >= 11 is 0. The van der Waals surface area contributed by atoms with E-state index in [1.165, 1.54) is 5.69 Å². The van der Waals surface area contributed by atoms with Gasteiger partial charge in [0.05, 0.1) is 4.90 Å². The number of amides is 1. The molecule has 196 valence electrons. The minimum absolute atomic E-state index is 0.0981. The Balaban J connectivity index is 1.25. The molecule has 0 aliphatic carbocycles. The van der Waals surface area contributed by atoms with Crippen LogP contribution in [0.15, 0.2) is 83.8 Å². The first-order valence-corrected chi connectivity index (χ1v) is 14.3. The quantitative estimate of drug-likeness (QED) is 0.438. The van der Waals surface area contributed by atoms with Gasteiger partial charge < -0.3 is 10.2 Å². The summed E-state index contributed by atoms with van der Waals surface area (Å²) in [5.74, 6) is -0.0981. The fourth-order valence-corrected chi connectivity index (χ4v) is 6.03. The molecule has 0 atom stereocenters. The molecule has 0 unspecified atom stereocenters. The Bertz CT molecular complexity index is 1250. The van der Waals surface area contributed by atoms with Gasteiger partial charge in [0.15, 0.2) is 0 Å². The second-order valence-corrected chi connectivity index (χ2v) is 11.1. The predicted molar refractivity (Wildman–Crippen MR) is 148 cm³/mol. The van der Waals surface area contributed by atoms with E-state index < -0.39 is 10.0 Å². The van der Waals surface area contributed by atoms with E-state index in [9.17, 15) is 13.2 Å². The molecule has 1 aliphatic heterocycles. The van der Waals surface area contributed by atoms with Crippen LogP contribution in [0.2, 0.25) is 0 Å². The molecule has 1 amide bonds. The molecule has 7 nitrogen and oxygen atoms in total. The highest BCUT2D eigenvalue weighted by Gasteiger charge is 2.28. The highest BCUT2D eigenvalue weighted by atomic mass is 32.2. The number of benzene rings is 3. The van der Waals surface area contributed by atoms with Crippen molar-refractivity contribution in [1.82, 2.24) is 14.5 Å². The number of nitrogens with one attached hydrogen (secondary N) is 1. The standard InChI is InChI=1S/C29H36N4O3S/c1-3-32(4-2)27-16-12-24(13-17-27)22-30-29(34)26-14-10-25(11-15-26)23-31-18-20-33(21-19-31)37(35,36)28-8-6-5-7-9-28/h5-17H,3-4,18-23H2,1-2H3,(H,30,34). The Morgan fingerprint density at radius 1 is 0.811 bits per heavy atom.